The van der Waals surface area contributed by atoms with E-state index in [1.807, 2.05) is 23.8 Å². The number of pyridine rings is 2. The van der Waals surface area contributed by atoms with Gasteiger partial charge in [0.1, 0.15) is 11.5 Å². The minimum Gasteiger partial charge on any atom is -0.347 e. The Kier molecular flexibility index (Phi) is 6.72. The number of nitrogens with zero attached hydrogens (tertiary/aromatic N) is 4. The minimum absolute atomic E-state index is 0.240. The molecule has 0 atom stereocenters. The van der Waals surface area contributed by atoms with Gasteiger partial charge in [-0.3, -0.25) is 4.79 Å². The average molecular weight is 484 g/mol. The van der Waals surface area contributed by atoms with Gasteiger partial charge in [-0.15, -0.1) is 0 Å². The Hall–Kier alpha value is -3.29. The van der Waals surface area contributed by atoms with Crippen molar-refractivity contribution in [3.05, 3.63) is 99.2 Å². The number of nitrogens with one attached hydrogen (secondary N) is 1. The van der Waals surface area contributed by atoms with Crippen molar-refractivity contribution >= 4 is 29.1 Å². The lowest BCUT2D eigenvalue weighted by Crippen LogP contribution is -2.24. The van der Waals surface area contributed by atoms with Crippen molar-refractivity contribution in [3.63, 3.8) is 0 Å². The number of carbonyl (C=O) groups excluding carboxylic acids is 1. The van der Waals surface area contributed by atoms with Crippen molar-refractivity contribution in [2.75, 3.05) is 0 Å². The Morgan fingerprint density at radius 1 is 1.03 bits per heavy atom. The third-order valence-electron chi connectivity index (χ3n) is 5.16. The predicted molar refractivity (Wildman–Crippen MR) is 126 cm³/mol. The first-order valence-electron chi connectivity index (χ1n) is 10.1. The van der Waals surface area contributed by atoms with E-state index in [0.29, 0.717) is 33.5 Å². The Bertz CT molecular complexity index is 1340. The van der Waals surface area contributed by atoms with Gasteiger partial charge in [0.25, 0.3) is 5.91 Å². The van der Waals surface area contributed by atoms with E-state index in [2.05, 4.69) is 20.3 Å². The van der Waals surface area contributed by atoms with Gasteiger partial charge in [0.15, 0.2) is 0 Å². The molecule has 3 aromatic heterocycles. The average Bonchev–Trinajstić information content (AvgIpc) is 3.18. The van der Waals surface area contributed by atoms with Crippen LogP contribution in [0.5, 0.6) is 0 Å². The quantitative estimate of drug-likeness (QED) is 0.373. The predicted octanol–water partition coefficient (Wildman–Crippen LogP) is 5.38. The van der Waals surface area contributed by atoms with E-state index < -0.39 is 5.95 Å². The number of aryl methyl sites for hydroxylation is 2. The Morgan fingerprint density at radius 3 is 2.55 bits per heavy atom. The van der Waals surface area contributed by atoms with Gasteiger partial charge in [0, 0.05) is 36.7 Å². The molecule has 0 saturated heterocycles. The zero-order valence-electron chi connectivity index (χ0n) is 17.9. The highest BCUT2D eigenvalue weighted by atomic mass is 35.5. The second kappa shape index (κ2) is 9.68. The third-order valence-corrected chi connectivity index (χ3v) is 5.90. The summed E-state index contributed by atoms with van der Waals surface area (Å²) in [5, 5.41) is 3.73. The number of rotatable bonds is 6. The molecule has 0 bridgehead atoms. The fourth-order valence-electron chi connectivity index (χ4n) is 3.42. The van der Waals surface area contributed by atoms with Gasteiger partial charge in [-0.1, -0.05) is 29.3 Å². The first kappa shape index (κ1) is 22.9. The molecule has 1 N–H and O–H groups in total. The number of hydrogen-bond acceptors (Lipinski definition) is 4. The fraction of sp³-hybridized carbons (Fsp3) is 0.167. The molecular formula is C24H20Cl2FN5O. The molecule has 33 heavy (non-hydrogen) atoms. The molecule has 0 radical (unpaired) electrons. The van der Waals surface area contributed by atoms with Gasteiger partial charge in [0.2, 0.25) is 5.95 Å². The summed E-state index contributed by atoms with van der Waals surface area (Å²) >= 11 is 12.0. The number of aromatic nitrogens is 4. The van der Waals surface area contributed by atoms with Crippen LogP contribution in [0.15, 0.2) is 54.9 Å². The first-order valence-corrected chi connectivity index (χ1v) is 10.9. The van der Waals surface area contributed by atoms with Crippen LogP contribution >= 0.6 is 23.2 Å². The summed E-state index contributed by atoms with van der Waals surface area (Å²) in [7, 11) is 0. The van der Waals surface area contributed by atoms with E-state index >= 15 is 0 Å². The van der Waals surface area contributed by atoms with Crippen LogP contribution in [0.2, 0.25) is 10.0 Å². The van der Waals surface area contributed by atoms with E-state index in [9.17, 15) is 9.18 Å². The van der Waals surface area contributed by atoms with E-state index in [-0.39, 0.29) is 18.1 Å². The Balaban J connectivity index is 1.66. The summed E-state index contributed by atoms with van der Waals surface area (Å²) in [4.78, 5) is 25.7. The molecule has 4 aromatic rings. The molecule has 168 valence electrons. The molecule has 0 aliphatic rings. The van der Waals surface area contributed by atoms with Crippen LogP contribution in [-0.2, 0) is 13.1 Å². The SMILES string of the molecule is Cc1nc(F)ccc1-c1cc(Cn2ccnc2C)cc(C(=O)NCc2ccc(Cl)c(Cl)c2)n1. The zero-order valence-corrected chi connectivity index (χ0v) is 19.5. The van der Waals surface area contributed by atoms with Gasteiger partial charge in [-0.05, 0) is 61.4 Å². The molecule has 0 fully saturated rings. The smallest absolute Gasteiger partial charge is 0.270 e. The van der Waals surface area contributed by atoms with Crippen molar-refractivity contribution in [3.8, 4) is 11.3 Å². The number of amides is 1. The summed E-state index contributed by atoms with van der Waals surface area (Å²) in [6.07, 6.45) is 3.58. The molecule has 3 heterocycles. The number of halogens is 3. The van der Waals surface area contributed by atoms with Gasteiger partial charge in [0.05, 0.1) is 15.7 Å². The lowest BCUT2D eigenvalue weighted by Gasteiger charge is -2.12. The molecule has 4 rings (SSSR count). The number of carbonyl (C=O) groups is 1. The number of imidazole rings is 1. The fourth-order valence-corrected chi connectivity index (χ4v) is 3.74. The molecule has 0 aliphatic heterocycles. The van der Waals surface area contributed by atoms with E-state index in [1.54, 1.807) is 43.5 Å². The second-order valence-electron chi connectivity index (χ2n) is 7.55. The molecule has 6 nitrogen and oxygen atoms in total. The lowest BCUT2D eigenvalue weighted by molar-refractivity contribution is 0.0946. The maximum Gasteiger partial charge on any atom is 0.270 e. The molecule has 0 unspecified atom stereocenters. The Morgan fingerprint density at radius 2 is 1.85 bits per heavy atom. The van der Waals surface area contributed by atoms with Crippen LogP contribution in [-0.4, -0.2) is 25.4 Å². The molecule has 0 aliphatic carbocycles. The standard InChI is InChI=1S/C24H20Cl2FN5O/c1-14-18(4-6-23(27)30-14)21-10-17(13-32-8-7-28-15(32)2)11-22(31-21)24(33)29-12-16-3-5-19(25)20(26)9-16/h3-11H,12-13H2,1-2H3,(H,29,33). The number of benzene rings is 1. The van der Waals surface area contributed by atoms with Crippen LogP contribution in [0.4, 0.5) is 4.39 Å². The molecule has 1 aromatic carbocycles. The normalized spacial score (nSPS) is 10.9. The third kappa shape index (κ3) is 5.38. The van der Waals surface area contributed by atoms with Crippen molar-refractivity contribution in [2.45, 2.75) is 26.9 Å². The molecule has 1 amide bonds. The maximum atomic E-state index is 13.5. The lowest BCUT2D eigenvalue weighted by atomic mass is 10.1. The van der Waals surface area contributed by atoms with Gasteiger partial charge < -0.3 is 9.88 Å². The highest BCUT2D eigenvalue weighted by Crippen LogP contribution is 2.24. The summed E-state index contributed by atoms with van der Waals surface area (Å²) in [6.45, 7) is 4.37. The first-order chi connectivity index (χ1) is 15.8. The second-order valence-corrected chi connectivity index (χ2v) is 8.36. The van der Waals surface area contributed by atoms with Gasteiger partial charge in [-0.25, -0.2) is 15.0 Å². The van der Waals surface area contributed by atoms with Crippen LogP contribution in [0, 0.1) is 19.8 Å². The van der Waals surface area contributed by atoms with Gasteiger partial charge in [-0.2, -0.15) is 4.39 Å². The van der Waals surface area contributed by atoms with Crippen molar-refractivity contribution in [1.29, 1.82) is 0 Å². The molecule has 0 spiro atoms. The largest absolute Gasteiger partial charge is 0.347 e. The van der Waals surface area contributed by atoms with E-state index in [0.717, 1.165) is 17.0 Å². The maximum absolute atomic E-state index is 13.5. The number of hydrogen-bond donors (Lipinski definition) is 1. The Labute approximate surface area is 200 Å². The van der Waals surface area contributed by atoms with Crippen molar-refractivity contribution < 1.29 is 9.18 Å². The van der Waals surface area contributed by atoms with Crippen LogP contribution in [0.3, 0.4) is 0 Å². The topological polar surface area (TPSA) is 72.7 Å². The minimum atomic E-state index is -0.568. The monoisotopic (exact) mass is 483 g/mol. The van der Waals surface area contributed by atoms with E-state index in [4.69, 9.17) is 23.2 Å². The highest BCUT2D eigenvalue weighted by molar-refractivity contribution is 6.42. The summed E-state index contributed by atoms with van der Waals surface area (Å²) in [5.41, 5.74) is 3.57. The summed E-state index contributed by atoms with van der Waals surface area (Å²) in [6, 6.07) is 11.7. The van der Waals surface area contributed by atoms with E-state index in [1.165, 1.54) is 6.07 Å². The van der Waals surface area contributed by atoms with Crippen LogP contribution < -0.4 is 5.32 Å². The van der Waals surface area contributed by atoms with Crippen molar-refractivity contribution in [2.24, 2.45) is 0 Å². The molecule has 9 heteroatoms. The highest BCUT2D eigenvalue weighted by Gasteiger charge is 2.15. The van der Waals surface area contributed by atoms with Crippen LogP contribution in [0.1, 0.15) is 33.1 Å². The van der Waals surface area contributed by atoms with Crippen LogP contribution in [0.25, 0.3) is 11.3 Å². The van der Waals surface area contributed by atoms with Crippen molar-refractivity contribution in [1.82, 2.24) is 24.8 Å². The summed E-state index contributed by atoms with van der Waals surface area (Å²) < 4.78 is 15.5. The van der Waals surface area contributed by atoms with Gasteiger partial charge >= 0.3 is 0 Å². The zero-order chi connectivity index (χ0) is 23.5. The summed E-state index contributed by atoms with van der Waals surface area (Å²) in [5.74, 6) is -0.0705. The molecule has 0 saturated carbocycles. The molecular weight excluding hydrogens is 464 g/mol.